The van der Waals surface area contributed by atoms with Crippen molar-refractivity contribution in [3.05, 3.63) is 17.0 Å². The summed E-state index contributed by atoms with van der Waals surface area (Å²) in [5.74, 6) is 0.0596. The Labute approximate surface area is 126 Å². The molecule has 0 aromatic carbocycles. The number of carbonyl (C=O) groups excluding carboxylic acids is 1. The molecule has 21 heavy (non-hydrogen) atoms. The average Bonchev–Trinajstić information content (AvgIpc) is 2.86. The van der Waals surface area contributed by atoms with Crippen LogP contribution in [-0.2, 0) is 6.61 Å². The lowest BCUT2D eigenvalue weighted by molar-refractivity contribution is 0.0753. The number of nitrogens with zero attached hydrogens (tertiary/aromatic N) is 2. The van der Waals surface area contributed by atoms with Crippen molar-refractivity contribution in [3.8, 4) is 0 Å². The third-order valence-electron chi connectivity index (χ3n) is 4.72. The number of carbonyl (C=O) groups is 1. The fraction of sp³-hybridized carbons (Fsp3) is 0.733. The number of aliphatic hydroxyl groups excluding tert-OH is 1. The van der Waals surface area contributed by atoms with Crippen LogP contribution in [0.4, 0.5) is 0 Å². The molecule has 2 unspecified atom stereocenters. The molecule has 1 amide bonds. The zero-order chi connectivity index (χ0) is 16.2. The zero-order valence-electron chi connectivity index (χ0n) is 13.9. The van der Waals surface area contributed by atoms with Crippen molar-refractivity contribution in [2.24, 2.45) is 0 Å². The molecule has 2 N–H and O–H groups in total. The summed E-state index contributed by atoms with van der Waals surface area (Å²) in [5, 5.41) is 15.8. The smallest absolute Gasteiger partial charge is 0.274 e. The monoisotopic (exact) mass is 297 g/mol. The van der Waals surface area contributed by atoms with Crippen LogP contribution in [0.15, 0.2) is 4.52 Å². The highest BCUT2D eigenvalue weighted by molar-refractivity contribution is 5.93. The lowest BCUT2D eigenvalue weighted by Gasteiger charge is -2.42. The summed E-state index contributed by atoms with van der Waals surface area (Å²) in [4.78, 5) is 14.6. The molecule has 1 aromatic heterocycles. The molecule has 1 aromatic rings. The van der Waals surface area contributed by atoms with E-state index in [2.05, 4.69) is 43.2 Å². The van der Waals surface area contributed by atoms with Gasteiger partial charge in [-0.3, -0.25) is 9.69 Å². The second-order valence-electron chi connectivity index (χ2n) is 5.66. The van der Waals surface area contributed by atoms with Crippen molar-refractivity contribution >= 4 is 5.91 Å². The van der Waals surface area contributed by atoms with Gasteiger partial charge in [-0.15, -0.1) is 0 Å². The van der Waals surface area contributed by atoms with Gasteiger partial charge < -0.3 is 14.9 Å². The van der Waals surface area contributed by atoms with Gasteiger partial charge in [-0.25, -0.2) is 0 Å². The molecule has 0 radical (unpaired) electrons. The van der Waals surface area contributed by atoms with Gasteiger partial charge in [0.15, 0.2) is 11.5 Å². The predicted molar refractivity (Wildman–Crippen MR) is 81.1 cm³/mol. The number of amides is 1. The van der Waals surface area contributed by atoms with E-state index in [0.29, 0.717) is 11.3 Å². The summed E-state index contributed by atoms with van der Waals surface area (Å²) in [7, 11) is 2.05. The Morgan fingerprint density at radius 2 is 2.14 bits per heavy atom. The maximum Gasteiger partial charge on any atom is 0.274 e. The first-order valence-corrected chi connectivity index (χ1v) is 7.39. The number of aliphatic hydroxyl groups is 1. The molecular weight excluding hydrogens is 270 g/mol. The zero-order valence-corrected chi connectivity index (χ0v) is 13.9. The van der Waals surface area contributed by atoms with E-state index >= 15 is 0 Å². The molecule has 2 atom stereocenters. The van der Waals surface area contributed by atoms with Gasteiger partial charge >= 0.3 is 0 Å². The van der Waals surface area contributed by atoms with Gasteiger partial charge in [0.05, 0.1) is 0 Å². The molecule has 0 bridgehead atoms. The summed E-state index contributed by atoms with van der Waals surface area (Å²) < 4.78 is 4.96. The second kappa shape index (κ2) is 7.04. The molecule has 0 saturated heterocycles. The fourth-order valence-corrected chi connectivity index (χ4v) is 2.42. The number of rotatable bonds is 7. The lowest BCUT2D eigenvalue weighted by atomic mass is 9.88. The first-order chi connectivity index (χ1) is 9.81. The third-order valence-corrected chi connectivity index (χ3v) is 4.72. The Bertz CT molecular complexity index is 487. The number of nitrogens with one attached hydrogen (secondary N) is 1. The molecule has 0 fully saturated rings. The summed E-state index contributed by atoms with van der Waals surface area (Å²) >= 11 is 0. The van der Waals surface area contributed by atoms with Crippen LogP contribution in [0.5, 0.6) is 0 Å². The molecule has 0 aliphatic heterocycles. The minimum Gasteiger partial charge on any atom is -0.388 e. The van der Waals surface area contributed by atoms with Crippen LogP contribution in [0.25, 0.3) is 0 Å². The molecule has 6 heteroatoms. The molecule has 6 nitrogen and oxygen atoms in total. The second-order valence-corrected chi connectivity index (χ2v) is 5.66. The van der Waals surface area contributed by atoms with Crippen LogP contribution in [-0.4, -0.2) is 46.2 Å². The summed E-state index contributed by atoms with van der Waals surface area (Å²) in [6.45, 7) is 10.7. The first kappa shape index (κ1) is 17.7. The van der Waals surface area contributed by atoms with Crippen molar-refractivity contribution < 1.29 is 14.4 Å². The van der Waals surface area contributed by atoms with E-state index in [4.69, 9.17) is 9.63 Å². The molecule has 0 saturated carbocycles. The highest BCUT2D eigenvalue weighted by Crippen LogP contribution is 2.23. The van der Waals surface area contributed by atoms with E-state index in [1.165, 1.54) is 0 Å². The minimum absolute atomic E-state index is 0.0476. The van der Waals surface area contributed by atoms with Crippen LogP contribution in [0.3, 0.4) is 0 Å². The van der Waals surface area contributed by atoms with Gasteiger partial charge in [-0.1, -0.05) is 19.0 Å². The number of hydrogen-bond acceptors (Lipinski definition) is 5. The quantitative estimate of drug-likeness (QED) is 0.801. The van der Waals surface area contributed by atoms with Gasteiger partial charge in [0, 0.05) is 17.1 Å². The Balaban J connectivity index is 2.88. The van der Waals surface area contributed by atoms with Crippen molar-refractivity contribution in [3.63, 3.8) is 0 Å². The summed E-state index contributed by atoms with van der Waals surface area (Å²) in [6.07, 6.45) is 0.915. The van der Waals surface area contributed by atoms with Crippen LogP contribution in [0.1, 0.15) is 55.9 Å². The van der Waals surface area contributed by atoms with Crippen molar-refractivity contribution in [2.75, 3.05) is 13.6 Å². The fourth-order valence-electron chi connectivity index (χ4n) is 2.42. The summed E-state index contributed by atoms with van der Waals surface area (Å²) in [6, 6.07) is -0.0476. The minimum atomic E-state index is -0.271. The van der Waals surface area contributed by atoms with E-state index < -0.39 is 0 Å². The third kappa shape index (κ3) is 3.44. The first-order valence-electron chi connectivity index (χ1n) is 7.39. The number of aromatic nitrogens is 1. The molecule has 0 aliphatic carbocycles. The van der Waals surface area contributed by atoms with Crippen molar-refractivity contribution in [2.45, 2.75) is 59.2 Å². The van der Waals surface area contributed by atoms with E-state index in [-0.39, 0.29) is 29.8 Å². The van der Waals surface area contributed by atoms with E-state index in [0.717, 1.165) is 13.0 Å². The SMILES string of the molecule is CCN(C)C(C)(CC)C(C)NC(=O)c1noc(CO)c1C. The van der Waals surface area contributed by atoms with Crippen LogP contribution in [0.2, 0.25) is 0 Å². The van der Waals surface area contributed by atoms with Gasteiger partial charge in [0.2, 0.25) is 0 Å². The van der Waals surface area contributed by atoms with Crippen molar-refractivity contribution in [1.82, 2.24) is 15.4 Å². The molecular formula is C15H27N3O3. The molecule has 0 aliphatic rings. The standard InChI is InChI=1S/C15H27N3O3/c1-7-15(5,18(6)8-2)11(4)16-14(20)13-10(3)12(9-19)21-17-13/h11,19H,7-9H2,1-6H3,(H,16,20). The Morgan fingerprint density at radius 3 is 2.57 bits per heavy atom. The van der Waals surface area contributed by atoms with Gasteiger partial charge in [-0.05, 0) is 40.8 Å². The number of likely N-dealkylation sites (N-methyl/N-ethyl adjacent to an activating group) is 1. The normalized spacial score (nSPS) is 15.8. The van der Waals surface area contributed by atoms with Gasteiger partial charge in [0.25, 0.3) is 5.91 Å². The highest BCUT2D eigenvalue weighted by atomic mass is 16.5. The average molecular weight is 297 g/mol. The number of hydrogen-bond donors (Lipinski definition) is 2. The highest BCUT2D eigenvalue weighted by Gasteiger charge is 2.34. The van der Waals surface area contributed by atoms with Crippen LogP contribution in [0, 0.1) is 6.92 Å². The topological polar surface area (TPSA) is 78.6 Å². The Morgan fingerprint density at radius 1 is 1.52 bits per heavy atom. The lowest BCUT2D eigenvalue weighted by Crippen LogP contribution is -2.57. The van der Waals surface area contributed by atoms with Gasteiger partial charge in [0.1, 0.15) is 6.61 Å². The van der Waals surface area contributed by atoms with E-state index in [1.807, 2.05) is 6.92 Å². The van der Waals surface area contributed by atoms with E-state index in [1.54, 1.807) is 6.92 Å². The molecule has 0 spiro atoms. The largest absolute Gasteiger partial charge is 0.388 e. The van der Waals surface area contributed by atoms with E-state index in [9.17, 15) is 4.79 Å². The Kier molecular flexibility index (Phi) is 5.92. The van der Waals surface area contributed by atoms with Crippen molar-refractivity contribution in [1.29, 1.82) is 0 Å². The Hall–Kier alpha value is -1.40. The van der Waals surface area contributed by atoms with Crippen LogP contribution >= 0.6 is 0 Å². The predicted octanol–water partition coefficient (Wildman–Crippen LogP) is 1.71. The molecule has 120 valence electrons. The molecule has 1 heterocycles. The van der Waals surface area contributed by atoms with Crippen LogP contribution < -0.4 is 5.32 Å². The maximum absolute atomic E-state index is 12.3. The molecule has 1 rings (SSSR count). The maximum atomic E-state index is 12.3. The van der Waals surface area contributed by atoms with Gasteiger partial charge in [-0.2, -0.15) is 0 Å². The summed E-state index contributed by atoms with van der Waals surface area (Å²) in [5.41, 5.74) is 0.690.